The molecule has 0 saturated heterocycles. The summed E-state index contributed by atoms with van der Waals surface area (Å²) in [5.41, 5.74) is 2.18. The van der Waals surface area contributed by atoms with Gasteiger partial charge in [-0.05, 0) is 55.8 Å². The summed E-state index contributed by atoms with van der Waals surface area (Å²) in [5.74, 6) is -1.05. The Labute approximate surface area is 131 Å². The molecule has 0 aliphatic rings. The molecule has 0 saturated carbocycles. The number of anilines is 1. The molecule has 1 amide bonds. The van der Waals surface area contributed by atoms with Gasteiger partial charge in [-0.2, -0.15) is 5.10 Å². The molecule has 0 atom stereocenters. The number of hydrogen-bond donors (Lipinski definition) is 1. The molecule has 2 rings (SSSR count). The number of hydrogen-bond acceptors (Lipinski definition) is 2. The fraction of sp³-hybridized carbons (Fsp3) is 0.333. The number of nitrogens with one attached hydrogen (secondary N) is 1. The van der Waals surface area contributed by atoms with Crippen LogP contribution in [0.4, 0.5) is 10.1 Å². The Kier molecular flexibility index (Phi) is 4.46. The summed E-state index contributed by atoms with van der Waals surface area (Å²) >= 11 is 3.20. The van der Waals surface area contributed by atoms with Gasteiger partial charge in [0.25, 0.3) is 5.91 Å². The van der Waals surface area contributed by atoms with Gasteiger partial charge in [0, 0.05) is 10.5 Å². The molecule has 1 heterocycles. The molecule has 112 valence electrons. The maximum atomic E-state index is 13.8. The largest absolute Gasteiger partial charge is 0.319 e. The van der Waals surface area contributed by atoms with Gasteiger partial charge in [-0.15, -0.1) is 0 Å². The van der Waals surface area contributed by atoms with Gasteiger partial charge < -0.3 is 5.32 Å². The van der Waals surface area contributed by atoms with E-state index in [0.717, 1.165) is 5.69 Å². The van der Waals surface area contributed by atoms with Gasteiger partial charge in [0.15, 0.2) is 0 Å². The van der Waals surface area contributed by atoms with Gasteiger partial charge in [-0.3, -0.25) is 9.48 Å². The summed E-state index contributed by atoms with van der Waals surface area (Å²) < 4.78 is 16.1. The van der Waals surface area contributed by atoms with E-state index in [-0.39, 0.29) is 11.6 Å². The second kappa shape index (κ2) is 5.97. The predicted octanol–water partition coefficient (Wildman–Crippen LogP) is 4.23. The fourth-order valence-corrected chi connectivity index (χ4v) is 2.76. The highest BCUT2D eigenvalue weighted by Crippen LogP contribution is 2.25. The van der Waals surface area contributed by atoms with E-state index < -0.39 is 11.7 Å². The van der Waals surface area contributed by atoms with Crippen molar-refractivity contribution in [3.05, 3.63) is 45.4 Å². The maximum Gasteiger partial charge on any atom is 0.259 e. The number of nitrogens with zero attached hydrogens (tertiary/aromatic N) is 2. The van der Waals surface area contributed by atoms with Crippen LogP contribution >= 0.6 is 15.9 Å². The lowest BCUT2D eigenvalue weighted by Crippen LogP contribution is -2.16. The number of carbonyl (C=O) groups excluding carboxylic acids is 1. The van der Waals surface area contributed by atoms with Crippen molar-refractivity contribution >= 4 is 27.5 Å². The Morgan fingerprint density at radius 2 is 2.05 bits per heavy atom. The summed E-state index contributed by atoms with van der Waals surface area (Å²) in [4.78, 5) is 12.3. The van der Waals surface area contributed by atoms with E-state index in [1.807, 2.05) is 32.4 Å². The monoisotopic (exact) mass is 353 g/mol. The Balaban J connectivity index is 2.37. The molecule has 0 aliphatic heterocycles. The minimum absolute atomic E-state index is 0.00593. The first kappa shape index (κ1) is 15.7. The van der Waals surface area contributed by atoms with E-state index in [9.17, 15) is 9.18 Å². The van der Waals surface area contributed by atoms with Crippen molar-refractivity contribution in [3.63, 3.8) is 0 Å². The normalized spacial score (nSPS) is 11.0. The van der Waals surface area contributed by atoms with Crippen molar-refractivity contribution < 1.29 is 9.18 Å². The molecule has 0 radical (unpaired) electrons. The van der Waals surface area contributed by atoms with E-state index in [1.165, 1.54) is 6.07 Å². The SMILES string of the molecule is Cc1nn(C(C)C)c(C)c1NC(=O)c1c(F)cccc1Br. The number of halogens is 2. The average molecular weight is 354 g/mol. The second-order valence-corrected chi connectivity index (χ2v) is 5.99. The third-order valence-corrected chi connectivity index (χ3v) is 3.90. The van der Waals surface area contributed by atoms with Crippen LogP contribution in [-0.4, -0.2) is 15.7 Å². The van der Waals surface area contributed by atoms with E-state index in [0.29, 0.717) is 15.9 Å². The predicted molar refractivity (Wildman–Crippen MR) is 84.1 cm³/mol. The fourth-order valence-electron chi connectivity index (χ4n) is 2.24. The van der Waals surface area contributed by atoms with Crippen LogP contribution in [0.2, 0.25) is 0 Å². The quantitative estimate of drug-likeness (QED) is 0.897. The minimum atomic E-state index is -0.562. The Morgan fingerprint density at radius 3 is 2.57 bits per heavy atom. The first-order chi connectivity index (χ1) is 9.82. The van der Waals surface area contributed by atoms with Crippen LogP contribution in [0.15, 0.2) is 22.7 Å². The molecule has 6 heteroatoms. The smallest absolute Gasteiger partial charge is 0.259 e. The lowest BCUT2D eigenvalue weighted by atomic mass is 10.2. The van der Waals surface area contributed by atoms with Gasteiger partial charge in [0.1, 0.15) is 5.82 Å². The molecule has 0 bridgehead atoms. The number of carbonyl (C=O) groups is 1. The molecular formula is C15H17BrFN3O. The molecule has 0 aliphatic carbocycles. The lowest BCUT2D eigenvalue weighted by Gasteiger charge is -2.10. The van der Waals surface area contributed by atoms with E-state index in [1.54, 1.807) is 12.1 Å². The van der Waals surface area contributed by atoms with Crippen LogP contribution < -0.4 is 5.32 Å². The van der Waals surface area contributed by atoms with Gasteiger partial charge in [-0.1, -0.05) is 6.07 Å². The molecular weight excluding hydrogens is 337 g/mol. The maximum absolute atomic E-state index is 13.8. The first-order valence-corrected chi connectivity index (χ1v) is 7.43. The minimum Gasteiger partial charge on any atom is -0.319 e. The molecule has 21 heavy (non-hydrogen) atoms. The molecule has 1 aromatic heterocycles. The number of aryl methyl sites for hydroxylation is 1. The highest BCUT2D eigenvalue weighted by molar-refractivity contribution is 9.10. The molecule has 0 spiro atoms. The molecule has 0 fully saturated rings. The zero-order chi connectivity index (χ0) is 15.7. The molecule has 0 unspecified atom stereocenters. The highest BCUT2D eigenvalue weighted by Gasteiger charge is 2.20. The molecule has 1 aromatic carbocycles. The van der Waals surface area contributed by atoms with Gasteiger partial charge in [0.2, 0.25) is 0 Å². The van der Waals surface area contributed by atoms with Gasteiger partial charge in [-0.25, -0.2) is 4.39 Å². The number of rotatable bonds is 3. The first-order valence-electron chi connectivity index (χ1n) is 6.64. The number of amides is 1. The zero-order valence-electron chi connectivity index (χ0n) is 12.4. The van der Waals surface area contributed by atoms with Gasteiger partial charge >= 0.3 is 0 Å². The van der Waals surface area contributed by atoms with Gasteiger partial charge in [0.05, 0.1) is 22.6 Å². The van der Waals surface area contributed by atoms with Crippen LogP contribution in [0.3, 0.4) is 0 Å². The van der Waals surface area contributed by atoms with E-state index >= 15 is 0 Å². The average Bonchev–Trinajstić information content (AvgIpc) is 2.66. The van der Waals surface area contributed by atoms with Crippen LogP contribution in [0.1, 0.15) is 41.6 Å². The number of aromatic nitrogens is 2. The summed E-state index contributed by atoms with van der Waals surface area (Å²) in [6.07, 6.45) is 0. The summed E-state index contributed by atoms with van der Waals surface area (Å²) in [7, 11) is 0. The number of benzene rings is 1. The molecule has 4 nitrogen and oxygen atoms in total. The summed E-state index contributed by atoms with van der Waals surface area (Å²) in [6.45, 7) is 7.72. The Morgan fingerprint density at radius 1 is 1.38 bits per heavy atom. The third-order valence-electron chi connectivity index (χ3n) is 3.24. The van der Waals surface area contributed by atoms with Crippen molar-refractivity contribution in [3.8, 4) is 0 Å². The van der Waals surface area contributed by atoms with E-state index in [2.05, 4.69) is 26.3 Å². The standard InChI is InChI=1S/C15H17BrFN3O/c1-8(2)20-10(4)14(9(3)19-20)18-15(21)13-11(16)6-5-7-12(13)17/h5-8H,1-4H3,(H,18,21). The Bertz CT molecular complexity index is 674. The van der Waals surface area contributed by atoms with Crippen LogP contribution in [-0.2, 0) is 0 Å². The van der Waals surface area contributed by atoms with Crippen molar-refractivity contribution in [1.29, 1.82) is 0 Å². The van der Waals surface area contributed by atoms with Crippen LogP contribution in [0, 0.1) is 19.7 Å². The lowest BCUT2D eigenvalue weighted by molar-refractivity contribution is 0.102. The molecule has 1 N–H and O–H groups in total. The van der Waals surface area contributed by atoms with Crippen LogP contribution in [0.25, 0.3) is 0 Å². The third kappa shape index (κ3) is 3.00. The zero-order valence-corrected chi connectivity index (χ0v) is 14.0. The topological polar surface area (TPSA) is 46.9 Å². The summed E-state index contributed by atoms with van der Waals surface area (Å²) in [5, 5.41) is 7.16. The van der Waals surface area contributed by atoms with Crippen molar-refractivity contribution in [1.82, 2.24) is 9.78 Å². The van der Waals surface area contributed by atoms with Crippen molar-refractivity contribution in [2.24, 2.45) is 0 Å². The van der Waals surface area contributed by atoms with E-state index in [4.69, 9.17) is 0 Å². The second-order valence-electron chi connectivity index (χ2n) is 5.13. The highest BCUT2D eigenvalue weighted by atomic mass is 79.9. The van der Waals surface area contributed by atoms with Crippen molar-refractivity contribution in [2.45, 2.75) is 33.7 Å². The molecule has 2 aromatic rings. The Hall–Kier alpha value is -1.69. The summed E-state index contributed by atoms with van der Waals surface area (Å²) in [6, 6.07) is 4.63. The van der Waals surface area contributed by atoms with Crippen molar-refractivity contribution in [2.75, 3.05) is 5.32 Å². The van der Waals surface area contributed by atoms with Crippen LogP contribution in [0.5, 0.6) is 0 Å².